The van der Waals surface area contributed by atoms with Crippen molar-refractivity contribution in [3.8, 4) is 0 Å². The Morgan fingerprint density at radius 2 is 2.07 bits per heavy atom. The summed E-state index contributed by atoms with van der Waals surface area (Å²) in [5, 5.41) is 3.36. The van der Waals surface area contributed by atoms with Crippen molar-refractivity contribution in [3.05, 3.63) is 28.7 Å². The van der Waals surface area contributed by atoms with Crippen LogP contribution in [0.15, 0.2) is 33.7 Å². The van der Waals surface area contributed by atoms with Gasteiger partial charge in [0.05, 0.1) is 10.9 Å². The topological polar surface area (TPSA) is 41.5 Å². The lowest BCUT2D eigenvalue weighted by molar-refractivity contribution is -0.118. The Morgan fingerprint density at radius 1 is 1.40 bits per heavy atom. The van der Waals surface area contributed by atoms with E-state index in [0.717, 1.165) is 10.2 Å². The van der Waals surface area contributed by atoms with Crippen molar-refractivity contribution in [1.82, 2.24) is 5.32 Å². The highest BCUT2D eigenvalue weighted by atomic mass is 79.9. The van der Waals surface area contributed by atoms with E-state index in [1.54, 1.807) is 0 Å². The molecule has 0 unspecified atom stereocenters. The minimum atomic E-state index is -0.0424. The molecule has 1 atom stereocenters. The number of benzene rings is 1. The van der Waals surface area contributed by atoms with Crippen LogP contribution < -0.4 is 5.32 Å². The average Bonchev–Trinajstić information content (AvgIpc) is 2.50. The number of carbonyl (C=O) groups excluding carboxylic acids is 1. The van der Waals surface area contributed by atoms with E-state index in [-0.39, 0.29) is 11.2 Å². The molecule has 0 bridgehead atoms. The predicted octanol–water partition coefficient (Wildman–Crippen LogP) is 2.69. The van der Waals surface area contributed by atoms with Crippen molar-refractivity contribution >= 4 is 44.5 Å². The zero-order valence-electron chi connectivity index (χ0n) is 8.03. The van der Waals surface area contributed by atoms with E-state index in [4.69, 9.17) is 0 Å². The number of hydrogen-bond donors (Lipinski definition) is 1. The van der Waals surface area contributed by atoms with Crippen LogP contribution in [0.2, 0.25) is 0 Å². The lowest BCUT2D eigenvalue weighted by Gasteiger charge is -1.96. The molecule has 1 heterocycles. The summed E-state index contributed by atoms with van der Waals surface area (Å²) in [5.41, 5.74) is 0.843. The van der Waals surface area contributed by atoms with Gasteiger partial charge >= 0.3 is 0 Å². The zero-order chi connectivity index (χ0) is 10.8. The Hall–Kier alpha value is -0.810. The molecule has 0 saturated carbocycles. The van der Waals surface area contributed by atoms with Gasteiger partial charge in [-0.15, -0.1) is 0 Å². The number of amides is 1. The lowest BCUT2D eigenvalue weighted by atomic mass is 10.3. The Labute approximate surface area is 100 Å². The molecule has 1 fully saturated rings. The van der Waals surface area contributed by atoms with Crippen molar-refractivity contribution in [2.45, 2.75) is 12.2 Å². The molecule has 1 aromatic carbocycles. The molecule has 1 aliphatic heterocycles. The van der Waals surface area contributed by atoms with Crippen LogP contribution in [0, 0.1) is 0 Å². The van der Waals surface area contributed by atoms with Gasteiger partial charge in [-0.1, -0.05) is 27.7 Å². The molecular weight excluding hydrogens is 276 g/mol. The smallest absolute Gasteiger partial charge is 0.239 e. The first-order valence-electron chi connectivity index (χ1n) is 4.47. The molecule has 1 aliphatic rings. The molecule has 0 spiro atoms. The number of carbonyl (C=O) groups is 1. The Balaban J connectivity index is 2.17. The summed E-state index contributed by atoms with van der Waals surface area (Å²) in [7, 11) is 0. The molecule has 2 rings (SSSR count). The number of thioether (sulfide) groups is 1. The number of rotatable bonds is 1. The fourth-order valence-corrected chi connectivity index (χ4v) is 2.23. The highest BCUT2D eigenvalue weighted by Crippen LogP contribution is 2.23. The minimum absolute atomic E-state index is 0.0239. The number of nitrogens with one attached hydrogen (secondary N) is 1. The third kappa shape index (κ3) is 2.60. The van der Waals surface area contributed by atoms with E-state index >= 15 is 0 Å². The van der Waals surface area contributed by atoms with Crippen LogP contribution in [0.5, 0.6) is 0 Å². The van der Waals surface area contributed by atoms with Crippen LogP contribution in [-0.2, 0) is 4.79 Å². The summed E-state index contributed by atoms with van der Waals surface area (Å²) < 4.78 is 1.02. The Morgan fingerprint density at radius 3 is 2.60 bits per heavy atom. The highest BCUT2D eigenvalue weighted by Gasteiger charge is 2.25. The second-order valence-corrected chi connectivity index (χ2v) is 5.39. The van der Waals surface area contributed by atoms with Gasteiger partial charge in [0.15, 0.2) is 5.17 Å². The SMILES string of the molecule is C[C@H]1SC(=Nc2ccc(Br)cc2)NC1=O. The van der Waals surface area contributed by atoms with Crippen molar-refractivity contribution in [1.29, 1.82) is 0 Å². The van der Waals surface area contributed by atoms with Gasteiger partial charge in [0.2, 0.25) is 5.91 Å². The molecule has 5 heteroatoms. The summed E-state index contributed by atoms with van der Waals surface area (Å²) >= 11 is 4.80. The molecule has 1 N–H and O–H groups in total. The number of amidine groups is 1. The Bertz CT molecular complexity index is 416. The van der Waals surface area contributed by atoms with Gasteiger partial charge < -0.3 is 5.32 Å². The summed E-state index contributed by atoms with van der Waals surface area (Å²) in [6.45, 7) is 1.87. The molecule has 0 aliphatic carbocycles. The molecule has 3 nitrogen and oxygen atoms in total. The maximum absolute atomic E-state index is 11.2. The van der Waals surface area contributed by atoms with Crippen LogP contribution in [0.1, 0.15) is 6.92 Å². The molecule has 78 valence electrons. The number of aliphatic imine (C=N–C) groups is 1. The molecular formula is C10H9BrN2OS. The first-order valence-corrected chi connectivity index (χ1v) is 6.14. The van der Waals surface area contributed by atoms with Crippen LogP contribution in [0.3, 0.4) is 0 Å². The second kappa shape index (κ2) is 4.37. The van der Waals surface area contributed by atoms with Crippen molar-refractivity contribution < 1.29 is 4.79 Å². The first kappa shape index (κ1) is 10.7. The molecule has 1 amide bonds. The average molecular weight is 285 g/mol. The highest BCUT2D eigenvalue weighted by molar-refractivity contribution is 9.10. The largest absolute Gasteiger partial charge is 0.304 e. The van der Waals surface area contributed by atoms with Gasteiger partial charge in [-0.05, 0) is 31.2 Å². The van der Waals surface area contributed by atoms with E-state index < -0.39 is 0 Å². The van der Waals surface area contributed by atoms with Gasteiger partial charge in [0, 0.05) is 4.47 Å². The van der Waals surface area contributed by atoms with Gasteiger partial charge in [0.25, 0.3) is 0 Å². The van der Waals surface area contributed by atoms with Crippen molar-refractivity contribution in [2.24, 2.45) is 4.99 Å². The molecule has 15 heavy (non-hydrogen) atoms. The second-order valence-electron chi connectivity index (χ2n) is 3.14. The fourth-order valence-electron chi connectivity index (χ4n) is 1.14. The van der Waals surface area contributed by atoms with Crippen molar-refractivity contribution in [3.63, 3.8) is 0 Å². The molecule has 1 aromatic rings. The number of nitrogens with zero attached hydrogens (tertiary/aromatic N) is 1. The monoisotopic (exact) mass is 284 g/mol. The van der Waals surface area contributed by atoms with E-state index in [0.29, 0.717) is 5.17 Å². The van der Waals surface area contributed by atoms with Gasteiger partial charge in [-0.3, -0.25) is 4.79 Å². The quantitative estimate of drug-likeness (QED) is 0.862. The van der Waals surface area contributed by atoms with Crippen LogP contribution in [0.25, 0.3) is 0 Å². The fraction of sp³-hybridized carbons (Fsp3) is 0.200. The minimum Gasteiger partial charge on any atom is -0.304 e. The van der Waals surface area contributed by atoms with Crippen LogP contribution in [-0.4, -0.2) is 16.3 Å². The standard InChI is InChI=1S/C10H9BrN2OS/c1-6-9(14)13-10(15-6)12-8-4-2-7(11)3-5-8/h2-6H,1H3,(H,12,13,14)/t6-/m1/s1. The predicted molar refractivity (Wildman–Crippen MR) is 66.4 cm³/mol. The summed E-state index contributed by atoms with van der Waals surface area (Å²) in [4.78, 5) is 15.5. The third-order valence-electron chi connectivity index (χ3n) is 1.95. The number of hydrogen-bond acceptors (Lipinski definition) is 3. The van der Waals surface area contributed by atoms with Crippen LogP contribution >= 0.6 is 27.7 Å². The van der Waals surface area contributed by atoms with E-state index in [2.05, 4.69) is 26.2 Å². The Kier molecular flexibility index (Phi) is 3.11. The van der Waals surface area contributed by atoms with Gasteiger partial charge in [-0.2, -0.15) is 0 Å². The normalized spacial score (nSPS) is 23.2. The lowest BCUT2D eigenvalue weighted by Crippen LogP contribution is -2.23. The van der Waals surface area contributed by atoms with Gasteiger partial charge in [-0.25, -0.2) is 4.99 Å². The zero-order valence-corrected chi connectivity index (χ0v) is 10.4. The van der Waals surface area contributed by atoms with Crippen LogP contribution in [0.4, 0.5) is 5.69 Å². The maximum atomic E-state index is 11.2. The summed E-state index contributed by atoms with van der Waals surface area (Å²) in [6, 6.07) is 7.63. The molecule has 0 aromatic heterocycles. The van der Waals surface area contributed by atoms with E-state index in [1.165, 1.54) is 11.8 Å². The van der Waals surface area contributed by atoms with E-state index in [9.17, 15) is 4.79 Å². The van der Waals surface area contributed by atoms with Gasteiger partial charge in [0.1, 0.15) is 0 Å². The number of halogens is 1. The van der Waals surface area contributed by atoms with E-state index in [1.807, 2.05) is 31.2 Å². The third-order valence-corrected chi connectivity index (χ3v) is 3.46. The molecule has 1 saturated heterocycles. The first-order chi connectivity index (χ1) is 7.15. The van der Waals surface area contributed by atoms with Crippen molar-refractivity contribution in [2.75, 3.05) is 0 Å². The summed E-state index contributed by atoms with van der Waals surface area (Å²) in [5.74, 6) is 0.0239. The maximum Gasteiger partial charge on any atom is 0.239 e. The summed E-state index contributed by atoms with van der Waals surface area (Å²) in [6.07, 6.45) is 0. The molecule has 0 radical (unpaired) electrons.